The van der Waals surface area contributed by atoms with Gasteiger partial charge < -0.3 is 14.6 Å². The van der Waals surface area contributed by atoms with Crippen LogP contribution in [0.5, 0.6) is 5.75 Å². The Labute approximate surface area is 108 Å². The molecule has 0 aliphatic heterocycles. The van der Waals surface area contributed by atoms with Gasteiger partial charge in [0.05, 0.1) is 18.8 Å². The molecule has 0 aliphatic rings. The number of ether oxygens (including phenoxy) is 2. The Morgan fingerprint density at radius 2 is 2.21 bits per heavy atom. The van der Waals surface area contributed by atoms with Crippen molar-refractivity contribution >= 4 is 5.97 Å². The van der Waals surface area contributed by atoms with Crippen molar-refractivity contribution in [1.29, 1.82) is 5.26 Å². The van der Waals surface area contributed by atoms with Crippen molar-refractivity contribution in [3.05, 3.63) is 28.8 Å². The Hall–Kier alpha value is -2.20. The van der Waals surface area contributed by atoms with Gasteiger partial charge in [-0.2, -0.15) is 14.0 Å². The highest BCUT2D eigenvalue weighted by Crippen LogP contribution is 2.27. The van der Waals surface area contributed by atoms with Crippen molar-refractivity contribution in [2.45, 2.75) is 20.1 Å². The normalized spacial score (nSPS) is 10.1. The van der Waals surface area contributed by atoms with E-state index in [1.807, 2.05) is 0 Å². The van der Waals surface area contributed by atoms with Crippen molar-refractivity contribution < 1.29 is 28.2 Å². The second kappa shape index (κ2) is 6.66. The molecular weight excluding hydrogens is 260 g/mol. The van der Waals surface area contributed by atoms with Gasteiger partial charge in [0.2, 0.25) is 0 Å². The number of carbonyl (C=O) groups excluding carboxylic acids is 1. The molecule has 0 bridgehead atoms. The largest absolute Gasteiger partial charge is 0.462 e. The fourth-order valence-corrected chi connectivity index (χ4v) is 1.50. The summed E-state index contributed by atoms with van der Waals surface area (Å²) >= 11 is 0. The molecule has 1 rings (SSSR count). The van der Waals surface area contributed by atoms with Crippen LogP contribution in [0.4, 0.5) is 8.78 Å². The zero-order chi connectivity index (χ0) is 14.4. The minimum atomic E-state index is -3.12. The summed E-state index contributed by atoms with van der Waals surface area (Å²) in [5, 5.41) is 18.1. The molecule has 0 fully saturated rings. The molecule has 0 radical (unpaired) electrons. The highest BCUT2D eigenvalue weighted by Gasteiger charge is 2.22. The lowest BCUT2D eigenvalue weighted by Gasteiger charge is -2.12. The molecule has 7 heteroatoms. The number of hydrogen-bond acceptors (Lipinski definition) is 5. The summed E-state index contributed by atoms with van der Waals surface area (Å²) in [5.41, 5.74) is -0.535. The fraction of sp³-hybridized carbons (Fsp3) is 0.333. The van der Waals surface area contributed by atoms with Gasteiger partial charge in [-0.15, -0.1) is 0 Å². The van der Waals surface area contributed by atoms with Crippen LogP contribution in [0.1, 0.15) is 28.4 Å². The molecule has 102 valence electrons. The highest BCUT2D eigenvalue weighted by atomic mass is 19.3. The lowest BCUT2D eigenvalue weighted by Crippen LogP contribution is -2.13. The molecular formula is C12H11F2NO4. The van der Waals surface area contributed by atoms with Crippen molar-refractivity contribution in [3.8, 4) is 11.8 Å². The molecule has 1 aromatic carbocycles. The lowest BCUT2D eigenvalue weighted by atomic mass is 10.0. The number of alkyl halides is 2. The standard InChI is InChI=1S/C12H11F2NO4/c1-2-18-11(17)10-7(6-16)3-4-9(8(10)5-15)19-12(13)14/h3-4,12,16H,2,6H2,1H3. The van der Waals surface area contributed by atoms with Crippen molar-refractivity contribution in [1.82, 2.24) is 0 Å². The van der Waals surface area contributed by atoms with Gasteiger partial charge >= 0.3 is 12.6 Å². The number of nitrogens with zero attached hydrogens (tertiary/aromatic N) is 1. The molecule has 0 spiro atoms. The van der Waals surface area contributed by atoms with Crippen LogP contribution < -0.4 is 4.74 Å². The first-order valence-corrected chi connectivity index (χ1v) is 5.33. The second-order valence-corrected chi connectivity index (χ2v) is 3.34. The second-order valence-electron chi connectivity index (χ2n) is 3.34. The highest BCUT2D eigenvalue weighted by molar-refractivity contribution is 5.94. The van der Waals surface area contributed by atoms with Crippen molar-refractivity contribution in [2.24, 2.45) is 0 Å². The zero-order valence-corrected chi connectivity index (χ0v) is 10.0. The molecule has 1 N–H and O–H groups in total. The summed E-state index contributed by atoms with van der Waals surface area (Å²) < 4.78 is 33.3. The van der Waals surface area contributed by atoms with E-state index in [9.17, 15) is 13.6 Å². The number of benzene rings is 1. The van der Waals surface area contributed by atoms with Crippen LogP contribution in [0, 0.1) is 11.3 Å². The van der Waals surface area contributed by atoms with Gasteiger partial charge in [0, 0.05) is 0 Å². The van der Waals surface area contributed by atoms with Gasteiger partial charge in [0.1, 0.15) is 17.4 Å². The third-order valence-corrected chi connectivity index (χ3v) is 2.23. The predicted molar refractivity (Wildman–Crippen MR) is 59.7 cm³/mol. The first-order chi connectivity index (χ1) is 9.04. The number of hydrogen-bond donors (Lipinski definition) is 1. The molecule has 0 heterocycles. The summed E-state index contributed by atoms with van der Waals surface area (Å²) in [6, 6.07) is 3.94. The van der Waals surface area contributed by atoms with Crippen LogP contribution in [0.3, 0.4) is 0 Å². The number of halogens is 2. The van der Waals surface area contributed by atoms with E-state index < -0.39 is 24.9 Å². The zero-order valence-electron chi connectivity index (χ0n) is 10.0. The van der Waals surface area contributed by atoms with E-state index in [1.165, 1.54) is 6.07 Å². The summed E-state index contributed by atoms with van der Waals surface area (Å²) in [4.78, 5) is 11.7. The number of aliphatic hydroxyl groups is 1. The summed E-state index contributed by atoms with van der Waals surface area (Å²) in [7, 11) is 0. The molecule has 0 aromatic heterocycles. The molecule has 1 aromatic rings. The number of rotatable bonds is 5. The van der Waals surface area contributed by atoms with Crippen LogP contribution in [0.25, 0.3) is 0 Å². The number of aliphatic hydroxyl groups excluding tert-OH is 1. The first kappa shape index (κ1) is 14.9. The van der Waals surface area contributed by atoms with Crippen LogP contribution in [-0.4, -0.2) is 24.3 Å². The SMILES string of the molecule is CCOC(=O)c1c(CO)ccc(OC(F)F)c1C#N. The third-order valence-electron chi connectivity index (χ3n) is 2.23. The van der Waals surface area contributed by atoms with Gasteiger partial charge in [-0.1, -0.05) is 6.07 Å². The van der Waals surface area contributed by atoms with Crippen LogP contribution in [-0.2, 0) is 11.3 Å². The minimum Gasteiger partial charge on any atom is -0.462 e. The molecule has 0 atom stereocenters. The summed E-state index contributed by atoms with van der Waals surface area (Å²) in [6.45, 7) is -2.05. The van der Waals surface area contributed by atoms with E-state index in [1.54, 1.807) is 13.0 Å². The third kappa shape index (κ3) is 3.39. The maximum atomic E-state index is 12.2. The van der Waals surface area contributed by atoms with Crippen molar-refractivity contribution in [3.63, 3.8) is 0 Å². The smallest absolute Gasteiger partial charge is 0.387 e. The quantitative estimate of drug-likeness (QED) is 0.826. The maximum absolute atomic E-state index is 12.2. The maximum Gasteiger partial charge on any atom is 0.387 e. The first-order valence-electron chi connectivity index (χ1n) is 5.33. The van der Waals surface area contributed by atoms with Gasteiger partial charge in [0.25, 0.3) is 0 Å². The van der Waals surface area contributed by atoms with Gasteiger partial charge in [-0.3, -0.25) is 0 Å². The van der Waals surface area contributed by atoms with Crippen LogP contribution >= 0.6 is 0 Å². The molecule has 0 aliphatic carbocycles. The van der Waals surface area contributed by atoms with Gasteiger partial charge in [0.15, 0.2) is 0 Å². The molecule has 0 unspecified atom stereocenters. The molecule has 5 nitrogen and oxygen atoms in total. The fourth-order valence-electron chi connectivity index (χ4n) is 1.50. The van der Waals surface area contributed by atoms with E-state index in [2.05, 4.69) is 4.74 Å². The molecule has 19 heavy (non-hydrogen) atoms. The van der Waals surface area contributed by atoms with E-state index in [-0.39, 0.29) is 23.3 Å². The predicted octanol–water partition coefficient (Wildman–Crippen LogP) is 1.83. The van der Waals surface area contributed by atoms with Gasteiger partial charge in [-0.25, -0.2) is 4.79 Å². The van der Waals surface area contributed by atoms with E-state index >= 15 is 0 Å². The van der Waals surface area contributed by atoms with Crippen LogP contribution in [0.15, 0.2) is 12.1 Å². The lowest BCUT2D eigenvalue weighted by molar-refractivity contribution is -0.0501. The monoisotopic (exact) mass is 271 g/mol. The summed E-state index contributed by atoms with van der Waals surface area (Å²) in [5.74, 6) is -1.31. The molecule has 0 saturated heterocycles. The Morgan fingerprint density at radius 3 is 2.68 bits per heavy atom. The Kier molecular flexibility index (Phi) is 5.21. The number of carbonyl (C=O) groups is 1. The van der Waals surface area contributed by atoms with E-state index in [0.717, 1.165) is 6.07 Å². The van der Waals surface area contributed by atoms with Crippen molar-refractivity contribution in [2.75, 3.05) is 6.61 Å². The van der Waals surface area contributed by atoms with E-state index in [0.29, 0.717) is 0 Å². The topological polar surface area (TPSA) is 79.6 Å². The average molecular weight is 271 g/mol. The molecule has 0 saturated carbocycles. The Morgan fingerprint density at radius 1 is 1.53 bits per heavy atom. The Bertz CT molecular complexity index is 511. The average Bonchev–Trinajstić information content (AvgIpc) is 2.37. The van der Waals surface area contributed by atoms with Crippen LogP contribution in [0.2, 0.25) is 0 Å². The number of esters is 1. The van der Waals surface area contributed by atoms with Gasteiger partial charge in [-0.05, 0) is 18.6 Å². The molecule has 0 amide bonds. The van der Waals surface area contributed by atoms with E-state index in [4.69, 9.17) is 15.1 Å². The Balaban J connectivity index is 3.38. The number of nitriles is 1. The minimum absolute atomic E-state index is 0.0501. The summed E-state index contributed by atoms with van der Waals surface area (Å²) in [6.07, 6.45) is 0.